The van der Waals surface area contributed by atoms with Crippen LogP contribution in [-0.2, 0) is 9.47 Å². The largest absolute Gasteiger partial charge is 0.386 e. The maximum absolute atomic E-state index is 14.3. The van der Waals surface area contributed by atoms with Crippen LogP contribution in [0.5, 0.6) is 0 Å². The van der Waals surface area contributed by atoms with Crippen molar-refractivity contribution in [3.8, 4) is 0 Å². The predicted octanol–water partition coefficient (Wildman–Crippen LogP) is 2.90. The van der Waals surface area contributed by atoms with Crippen LogP contribution in [0, 0.1) is 11.8 Å². The molecule has 0 bridgehead atoms. The molecule has 0 saturated carbocycles. The highest BCUT2D eigenvalue weighted by molar-refractivity contribution is 6.22. The Hall–Kier alpha value is -4.27. The number of cyclic esters (lactones) is 4. The monoisotopic (exact) mass is 448 g/mol. The summed E-state index contributed by atoms with van der Waals surface area (Å²) in [4.78, 5) is 74.9. The minimum atomic E-state index is -1.53. The van der Waals surface area contributed by atoms with Crippen molar-refractivity contribution < 1.29 is 42.6 Å². The Morgan fingerprint density at radius 3 is 1.79 bits per heavy atom. The lowest BCUT2D eigenvalue weighted by molar-refractivity contribution is 0.0424. The molecule has 164 valence electrons. The number of fused-ring (bicyclic) bond motifs is 2. The van der Waals surface area contributed by atoms with Gasteiger partial charge in [-0.2, -0.15) is 0 Å². The lowest BCUT2D eigenvalue weighted by Crippen LogP contribution is -2.35. The number of carbonyl (C=O) groups is 6. The molecule has 2 aromatic carbocycles. The second kappa shape index (κ2) is 7.40. The maximum atomic E-state index is 14.3. The number of rotatable bonds is 4. The van der Waals surface area contributed by atoms with Crippen molar-refractivity contribution in [2.45, 2.75) is 12.6 Å². The normalized spacial score (nSPS) is 23.1. The fourth-order valence-corrected chi connectivity index (χ4v) is 4.44. The fraction of sp³-hybridized carbons (Fsp3) is 0.167. The molecule has 5 rings (SSSR count). The molecule has 2 heterocycles. The Kier molecular flexibility index (Phi) is 4.63. The molecular formula is C24H13FO8. The molecule has 0 amide bonds. The van der Waals surface area contributed by atoms with E-state index in [-0.39, 0.29) is 39.8 Å². The highest BCUT2D eigenvalue weighted by atomic mass is 19.1. The number of hydrogen-bond donors (Lipinski definition) is 0. The second-order valence-electron chi connectivity index (χ2n) is 7.81. The number of benzene rings is 2. The van der Waals surface area contributed by atoms with Crippen LogP contribution in [0.4, 0.5) is 4.39 Å². The number of ketones is 2. The van der Waals surface area contributed by atoms with E-state index in [1.807, 2.05) is 0 Å². The number of carbonyl (C=O) groups excluding carboxylic acids is 6. The van der Waals surface area contributed by atoms with Gasteiger partial charge in [-0.25, -0.2) is 23.6 Å². The summed E-state index contributed by atoms with van der Waals surface area (Å²) in [6, 6.07) is 8.10. The lowest BCUT2D eigenvalue weighted by Gasteiger charge is -2.28. The van der Waals surface area contributed by atoms with Crippen LogP contribution in [0.25, 0.3) is 0 Å². The second-order valence-corrected chi connectivity index (χ2v) is 7.81. The van der Waals surface area contributed by atoms with Gasteiger partial charge in [0.1, 0.15) is 6.17 Å². The van der Waals surface area contributed by atoms with E-state index in [1.54, 1.807) is 0 Å². The minimum Gasteiger partial charge on any atom is -0.386 e. The van der Waals surface area contributed by atoms with Crippen molar-refractivity contribution in [3.05, 3.63) is 81.9 Å². The van der Waals surface area contributed by atoms with Gasteiger partial charge in [-0.1, -0.05) is 36.4 Å². The molecule has 0 aromatic heterocycles. The van der Waals surface area contributed by atoms with Crippen LogP contribution >= 0.6 is 0 Å². The molecule has 9 heteroatoms. The van der Waals surface area contributed by atoms with Gasteiger partial charge in [-0.15, -0.1) is 0 Å². The Morgan fingerprint density at radius 2 is 1.24 bits per heavy atom. The Bertz CT molecular complexity index is 1340. The van der Waals surface area contributed by atoms with Crippen LogP contribution in [0.3, 0.4) is 0 Å². The quantitative estimate of drug-likeness (QED) is 0.303. The van der Waals surface area contributed by atoms with E-state index in [2.05, 4.69) is 9.47 Å². The molecule has 3 atom stereocenters. The van der Waals surface area contributed by atoms with E-state index >= 15 is 0 Å². The average Bonchev–Trinajstić information content (AvgIpc) is 3.27. The van der Waals surface area contributed by atoms with Crippen LogP contribution in [0.1, 0.15) is 68.6 Å². The summed E-state index contributed by atoms with van der Waals surface area (Å²) in [6.45, 7) is 0. The highest BCUT2D eigenvalue weighted by Crippen LogP contribution is 2.36. The third-order valence-corrected chi connectivity index (χ3v) is 5.96. The first kappa shape index (κ1) is 20.6. The van der Waals surface area contributed by atoms with Crippen molar-refractivity contribution >= 4 is 35.4 Å². The van der Waals surface area contributed by atoms with Crippen molar-refractivity contribution in [3.63, 3.8) is 0 Å². The first-order valence-corrected chi connectivity index (χ1v) is 9.97. The topological polar surface area (TPSA) is 121 Å². The third kappa shape index (κ3) is 3.12. The van der Waals surface area contributed by atoms with Gasteiger partial charge in [-0.3, -0.25) is 9.59 Å². The van der Waals surface area contributed by atoms with E-state index < -0.39 is 53.5 Å². The molecule has 3 aliphatic rings. The summed E-state index contributed by atoms with van der Waals surface area (Å²) in [5.41, 5.74) is -0.858. The molecule has 8 nitrogen and oxygen atoms in total. The van der Waals surface area contributed by atoms with Crippen LogP contribution in [0.2, 0.25) is 0 Å². The van der Waals surface area contributed by atoms with Crippen LogP contribution in [0.15, 0.2) is 48.6 Å². The van der Waals surface area contributed by atoms with E-state index in [9.17, 15) is 33.2 Å². The van der Waals surface area contributed by atoms with Gasteiger partial charge >= 0.3 is 23.9 Å². The third-order valence-electron chi connectivity index (χ3n) is 5.96. The summed E-state index contributed by atoms with van der Waals surface area (Å²) < 4.78 is 23.4. The van der Waals surface area contributed by atoms with Crippen molar-refractivity contribution in [2.24, 2.45) is 11.8 Å². The minimum absolute atomic E-state index is 0.0704. The van der Waals surface area contributed by atoms with Gasteiger partial charge in [0.25, 0.3) is 0 Å². The molecule has 0 spiro atoms. The lowest BCUT2D eigenvalue weighted by atomic mass is 9.74. The number of ether oxygens (including phenoxy) is 2. The summed E-state index contributed by atoms with van der Waals surface area (Å²) in [7, 11) is 0. The molecule has 33 heavy (non-hydrogen) atoms. The summed E-state index contributed by atoms with van der Waals surface area (Å²) in [5, 5.41) is 0. The van der Waals surface area contributed by atoms with Gasteiger partial charge in [0.2, 0.25) is 0 Å². The van der Waals surface area contributed by atoms with Crippen molar-refractivity contribution in [1.29, 1.82) is 0 Å². The molecule has 0 fully saturated rings. The van der Waals surface area contributed by atoms with Crippen LogP contribution in [-0.4, -0.2) is 41.6 Å². The highest BCUT2D eigenvalue weighted by Gasteiger charge is 2.43. The molecule has 2 aromatic rings. The SMILES string of the molecule is O=C1OC(=O)c2c1cccc2C(=O)C1C=CC(F)CC1C(=O)c1cccc2c1C(=O)OC2=O. The smallest absolute Gasteiger partial charge is 0.347 e. The van der Waals surface area contributed by atoms with Gasteiger partial charge in [0.05, 0.1) is 28.2 Å². The van der Waals surface area contributed by atoms with E-state index in [4.69, 9.17) is 0 Å². The zero-order chi connectivity index (χ0) is 23.4. The van der Waals surface area contributed by atoms with Crippen LogP contribution < -0.4 is 0 Å². The molecular weight excluding hydrogens is 435 g/mol. The average molecular weight is 448 g/mol. The first-order chi connectivity index (χ1) is 15.8. The van der Waals surface area contributed by atoms with Crippen molar-refractivity contribution in [1.82, 2.24) is 0 Å². The number of alkyl halides is 1. The van der Waals surface area contributed by atoms with Gasteiger partial charge < -0.3 is 9.47 Å². The summed E-state index contributed by atoms with van der Waals surface area (Å²) in [5.74, 6) is -7.55. The Labute approximate surface area is 185 Å². The van der Waals surface area contributed by atoms with E-state index in [0.717, 1.165) is 6.08 Å². The number of esters is 4. The zero-order valence-corrected chi connectivity index (χ0v) is 16.7. The number of Topliss-reactive ketones (excluding diaryl/α,β-unsaturated/α-hetero) is 2. The molecule has 0 radical (unpaired) electrons. The van der Waals surface area contributed by atoms with Crippen molar-refractivity contribution in [2.75, 3.05) is 0 Å². The standard InChI is InChI=1S/C24H13FO8/c25-10-7-8-11(19(26)12-3-1-5-14-17(12)23(30)32-21(14)28)16(9-10)20(27)13-4-2-6-15-18(13)24(31)33-22(15)29/h1-8,10-11,16H,9H2. The maximum Gasteiger partial charge on any atom is 0.347 e. The molecule has 3 unspecified atom stereocenters. The van der Waals surface area contributed by atoms with Gasteiger partial charge in [-0.05, 0) is 18.6 Å². The van der Waals surface area contributed by atoms with Gasteiger partial charge in [0, 0.05) is 17.0 Å². The number of halogens is 1. The summed E-state index contributed by atoms with van der Waals surface area (Å²) >= 11 is 0. The molecule has 2 aliphatic heterocycles. The molecule has 1 aliphatic carbocycles. The van der Waals surface area contributed by atoms with E-state index in [1.165, 1.54) is 42.5 Å². The Morgan fingerprint density at radius 1 is 0.727 bits per heavy atom. The Balaban J connectivity index is 1.57. The summed E-state index contributed by atoms with van der Waals surface area (Å²) in [6.07, 6.45) is 0.511. The predicted molar refractivity (Wildman–Crippen MR) is 107 cm³/mol. The fourth-order valence-electron chi connectivity index (χ4n) is 4.44. The molecule has 0 saturated heterocycles. The molecule has 0 N–H and O–H groups in total. The first-order valence-electron chi connectivity index (χ1n) is 9.97. The number of hydrogen-bond acceptors (Lipinski definition) is 8. The van der Waals surface area contributed by atoms with Gasteiger partial charge in [0.15, 0.2) is 11.6 Å². The number of allylic oxidation sites excluding steroid dienone is 2. The van der Waals surface area contributed by atoms with E-state index in [0.29, 0.717) is 0 Å². The zero-order valence-electron chi connectivity index (χ0n) is 16.7.